The van der Waals surface area contributed by atoms with Crippen molar-refractivity contribution in [2.75, 3.05) is 13.2 Å². The van der Waals surface area contributed by atoms with Gasteiger partial charge in [-0.2, -0.15) is 0 Å². The van der Waals surface area contributed by atoms with E-state index in [0.717, 1.165) is 51.4 Å². The second-order valence-corrected chi connectivity index (χ2v) is 7.09. The van der Waals surface area contributed by atoms with E-state index in [9.17, 15) is 19.7 Å². The molecule has 0 N–H and O–H groups in total. The van der Waals surface area contributed by atoms with Crippen molar-refractivity contribution in [1.82, 2.24) is 0 Å². The maximum absolute atomic E-state index is 13.0. The second-order valence-electron chi connectivity index (χ2n) is 7.09. The zero-order chi connectivity index (χ0) is 21.2. The molecule has 0 radical (unpaired) electrons. The van der Waals surface area contributed by atoms with E-state index in [-0.39, 0.29) is 29.3 Å². The summed E-state index contributed by atoms with van der Waals surface area (Å²) in [6.45, 7) is 4.74. The number of Topliss-reactive ketones (excluding diaryl/α,β-unsaturated/α-hetero) is 2. The number of nitro benzene ring substituents is 1. The molecule has 0 atom stereocenters. The highest BCUT2D eigenvalue weighted by Crippen LogP contribution is 2.33. The van der Waals surface area contributed by atoms with Gasteiger partial charge in [0.1, 0.15) is 5.56 Å². The molecule has 0 heterocycles. The molecule has 0 amide bonds. The standard InChI is InChI=1S/C22H29NO6/c1-3-5-7-9-14-28-21-19(24)16-12-11-13-17(23(26)27)18(16)20(25)22(21)29-15-10-8-6-4-2/h11-13H,3-10,14-15H2,1-2H3. The lowest BCUT2D eigenvalue weighted by Gasteiger charge is -2.21. The molecule has 0 saturated carbocycles. The number of benzene rings is 1. The first kappa shape index (κ1) is 22.6. The third-order valence-electron chi connectivity index (χ3n) is 4.82. The van der Waals surface area contributed by atoms with Gasteiger partial charge in [0.15, 0.2) is 0 Å². The lowest BCUT2D eigenvalue weighted by molar-refractivity contribution is -0.385. The Morgan fingerprint density at radius 1 is 0.828 bits per heavy atom. The lowest BCUT2D eigenvalue weighted by Crippen LogP contribution is -2.26. The Balaban J connectivity index is 2.28. The zero-order valence-electron chi connectivity index (χ0n) is 17.2. The SMILES string of the molecule is CCCCCCOC1=C(OCCCCCC)C(=O)c2c(cccc2[N+](=O)[O-])C1=O. The van der Waals surface area contributed by atoms with Gasteiger partial charge in [-0.3, -0.25) is 19.7 Å². The molecule has 0 saturated heterocycles. The summed E-state index contributed by atoms with van der Waals surface area (Å²) in [5.74, 6) is -1.54. The third kappa shape index (κ3) is 5.65. The number of nitrogens with zero attached hydrogens (tertiary/aromatic N) is 1. The van der Waals surface area contributed by atoms with E-state index in [2.05, 4.69) is 13.8 Å². The maximum atomic E-state index is 13.0. The average Bonchev–Trinajstić information content (AvgIpc) is 2.72. The number of unbranched alkanes of at least 4 members (excludes halogenated alkanes) is 6. The van der Waals surface area contributed by atoms with Crippen LogP contribution in [0.5, 0.6) is 0 Å². The van der Waals surface area contributed by atoms with E-state index >= 15 is 0 Å². The van der Waals surface area contributed by atoms with Crippen LogP contribution in [0.1, 0.15) is 85.9 Å². The summed E-state index contributed by atoms with van der Waals surface area (Å²) in [5, 5.41) is 11.4. The molecule has 7 heteroatoms. The van der Waals surface area contributed by atoms with Crippen LogP contribution >= 0.6 is 0 Å². The van der Waals surface area contributed by atoms with Crippen molar-refractivity contribution in [3.63, 3.8) is 0 Å². The summed E-state index contributed by atoms with van der Waals surface area (Å²) in [7, 11) is 0. The molecule has 0 spiro atoms. The van der Waals surface area contributed by atoms with Gasteiger partial charge in [-0.25, -0.2) is 0 Å². The summed E-state index contributed by atoms with van der Waals surface area (Å²) in [5.41, 5.74) is -0.620. The molecule has 158 valence electrons. The average molecular weight is 403 g/mol. The highest BCUT2D eigenvalue weighted by molar-refractivity contribution is 6.26. The highest BCUT2D eigenvalue weighted by Gasteiger charge is 2.39. The van der Waals surface area contributed by atoms with Crippen LogP contribution in [-0.2, 0) is 9.47 Å². The minimum atomic E-state index is -0.661. The smallest absolute Gasteiger partial charge is 0.281 e. The van der Waals surface area contributed by atoms with Gasteiger partial charge in [0.25, 0.3) is 5.69 Å². The molecule has 1 aliphatic rings. The van der Waals surface area contributed by atoms with Crippen LogP contribution in [0, 0.1) is 10.1 Å². The Morgan fingerprint density at radius 2 is 1.38 bits per heavy atom. The molecular formula is C22H29NO6. The van der Waals surface area contributed by atoms with E-state index in [1.165, 1.54) is 18.2 Å². The predicted octanol–water partition coefficient (Wildman–Crippen LogP) is 5.38. The zero-order valence-corrected chi connectivity index (χ0v) is 17.2. The summed E-state index contributed by atoms with van der Waals surface area (Å²) in [6, 6.07) is 4.04. The number of nitro groups is 1. The van der Waals surface area contributed by atoms with E-state index in [1.54, 1.807) is 0 Å². The minimum Gasteiger partial charge on any atom is -0.486 e. The van der Waals surface area contributed by atoms with E-state index in [1.807, 2.05) is 0 Å². The van der Waals surface area contributed by atoms with Crippen molar-refractivity contribution < 1.29 is 24.0 Å². The van der Waals surface area contributed by atoms with Gasteiger partial charge in [-0.15, -0.1) is 0 Å². The minimum absolute atomic E-state index is 0.00825. The van der Waals surface area contributed by atoms with Gasteiger partial charge in [0.05, 0.1) is 18.1 Å². The van der Waals surface area contributed by atoms with Gasteiger partial charge in [0, 0.05) is 11.6 Å². The van der Waals surface area contributed by atoms with Crippen LogP contribution in [0.3, 0.4) is 0 Å². The molecule has 7 nitrogen and oxygen atoms in total. The third-order valence-corrected chi connectivity index (χ3v) is 4.82. The Hall–Kier alpha value is -2.70. The number of allylic oxidation sites excluding steroid dienone is 2. The molecule has 1 aliphatic carbocycles. The molecule has 1 aromatic rings. The quantitative estimate of drug-likeness (QED) is 0.249. The molecule has 0 aliphatic heterocycles. The van der Waals surface area contributed by atoms with E-state index in [0.29, 0.717) is 6.61 Å². The summed E-state index contributed by atoms with van der Waals surface area (Å²) < 4.78 is 11.3. The summed E-state index contributed by atoms with van der Waals surface area (Å²) in [4.78, 5) is 36.7. The monoisotopic (exact) mass is 403 g/mol. The van der Waals surface area contributed by atoms with Gasteiger partial charge < -0.3 is 9.47 Å². The Labute approximate surface area is 171 Å². The van der Waals surface area contributed by atoms with Crippen molar-refractivity contribution >= 4 is 17.3 Å². The van der Waals surface area contributed by atoms with Crippen molar-refractivity contribution in [3.05, 3.63) is 51.0 Å². The topological polar surface area (TPSA) is 95.7 Å². The number of ketones is 2. The van der Waals surface area contributed by atoms with Crippen LogP contribution in [-0.4, -0.2) is 29.7 Å². The van der Waals surface area contributed by atoms with Crippen LogP contribution in [0.15, 0.2) is 29.7 Å². The molecule has 0 aromatic heterocycles. The molecule has 1 aromatic carbocycles. The van der Waals surface area contributed by atoms with Gasteiger partial charge >= 0.3 is 0 Å². The number of carbonyl (C=O) groups excluding carboxylic acids is 2. The lowest BCUT2D eigenvalue weighted by atomic mass is 9.90. The van der Waals surface area contributed by atoms with Crippen LogP contribution in [0.25, 0.3) is 0 Å². The number of hydrogen-bond donors (Lipinski definition) is 0. The fourth-order valence-corrected chi connectivity index (χ4v) is 3.23. The van der Waals surface area contributed by atoms with E-state index < -0.39 is 22.2 Å². The normalized spacial score (nSPS) is 13.4. The second kappa shape index (κ2) is 11.3. The molecule has 0 unspecified atom stereocenters. The summed E-state index contributed by atoms with van der Waals surface area (Å²) >= 11 is 0. The van der Waals surface area contributed by atoms with Crippen LogP contribution < -0.4 is 0 Å². The first-order chi connectivity index (χ1) is 14.0. The van der Waals surface area contributed by atoms with Gasteiger partial charge in [-0.05, 0) is 18.9 Å². The number of fused-ring (bicyclic) bond motifs is 1. The molecule has 0 bridgehead atoms. The van der Waals surface area contributed by atoms with E-state index in [4.69, 9.17) is 9.47 Å². The molecule has 2 rings (SSSR count). The Bertz CT molecular complexity index is 784. The number of hydrogen-bond acceptors (Lipinski definition) is 6. The Kier molecular flexibility index (Phi) is 8.83. The highest BCUT2D eigenvalue weighted by atomic mass is 16.6. The van der Waals surface area contributed by atoms with Gasteiger partial charge in [-0.1, -0.05) is 58.4 Å². The number of carbonyl (C=O) groups is 2. The fourth-order valence-electron chi connectivity index (χ4n) is 3.23. The first-order valence-electron chi connectivity index (χ1n) is 10.4. The van der Waals surface area contributed by atoms with Crippen molar-refractivity contribution in [2.45, 2.75) is 65.2 Å². The summed E-state index contributed by atoms with van der Waals surface area (Å²) in [6.07, 6.45) is 7.62. The Morgan fingerprint density at radius 3 is 1.90 bits per heavy atom. The van der Waals surface area contributed by atoms with Crippen LogP contribution in [0.2, 0.25) is 0 Å². The number of rotatable bonds is 13. The fraction of sp³-hybridized carbons (Fsp3) is 0.545. The van der Waals surface area contributed by atoms with Crippen molar-refractivity contribution in [1.29, 1.82) is 0 Å². The molecule has 0 fully saturated rings. The van der Waals surface area contributed by atoms with Crippen molar-refractivity contribution in [3.8, 4) is 0 Å². The number of ether oxygens (including phenoxy) is 2. The predicted molar refractivity (Wildman–Crippen MR) is 109 cm³/mol. The van der Waals surface area contributed by atoms with Crippen molar-refractivity contribution in [2.24, 2.45) is 0 Å². The molecule has 29 heavy (non-hydrogen) atoms. The first-order valence-corrected chi connectivity index (χ1v) is 10.4. The molecular weight excluding hydrogens is 374 g/mol. The largest absolute Gasteiger partial charge is 0.486 e. The van der Waals surface area contributed by atoms with Crippen LogP contribution in [0.4, 0.5) is 5.69 Å². The maximum Gasteiger partial charge on any atom is 0.281 e. The van der Waals surface area contributed by atoms with Gasteiger partial charge in [0.2, 0.25) is 23.1 Å².